The summed E-state index contributed by atoms with van der Waals surface area (Å²) < 4.78 is 17.7. The van der Waals surface area contributed by atoms with Crippen LogP contribution in [0.2, 0.25) is 0 Å². The van der Waals surface area contributed by atoms with Gasteiger partial charge in [-0.3, -0.25) is 4.79 Å². The summed E-state index contributed by atoms with van der Waals surface area (Å²) in [6.07, 6.45) is 0. The van der Waals surface area contributed by atoms with Crippen molar-refractivity contribution in [1.29, 1.82) is 0 Å². The Morgan fingerprint density at radius 3 is 2.57 bits per heavy atom. The van der Waals surface area contributed by atoms with Crippen LogP contribution in [0.5, 0.6) is 17.2 Å². The molecule has 2 aliphatic heterocycles. The van der Waals surface area contributed by atoms with Gasteiger partial charge in [-0.05, 0) is 30.3 Å². The molecule has 0 atom stereocenters. The Kier molecular flexibility index (Phi) is 3.61. The zero-order chi connectivity index (χ0) is 15.8. The topological polar surface area (TPSA) is 48.0 Å². The lowest BCUT2D eigenvalue weighted by Crippen LogP contribution is -2.32. The Labute approximate surface area is 141 Å². The third-order valence-corrected chi connectivity index (χ3v) is 4.33. The number of hydrogen-bond donors (Lipinski definition) is 0. The molecule has 2 aliphatic rings. The van der Waals surface area contributed by atoms with E-state index in [0.717, 1.165) is 21.5 Å². The third-order valence-electron chi connectivity index (χ3n) is 3.84. The van der Waals surface area contributed by atoms with Crippen molar-refractivity contribution in [3.8, 4) is 17.2 Å². The second-order valence-corrected chi connectivity index (χ2v) is 6.26. The molecule has 2 aromatic rings. The van der Waals surface area contributed by atoms with Crippen LogP contribution in [0.3, 0.4) is 0 Å². The summed E-state index contributed by atoms with van der Waals surface area (Å²) in [4.78, 5) is 14.2. The van der Waals surface area contributed by atoms with Crippen LogP contribution in [0.15, 0.2) is 40.9 Å². The van der Waals surface area contributed by atoms with Gasteiger partial charge in [0.05, 0.1) is 6.54 Å². The van der Waals surface area contributed by atoms with Crippen molar-refractivity contribution >= 4 is 27.5 Å². The molecular weight excluding hydrogens is 362 g/mol. The molecule has 0 saturated carbocycles. The SMILES string of the molecule is O=C1COc2ccc(Br)cc2CN1c1ccc2c(c1)OCCO2. The Morgan fingerprint density at radius 2 is 1.70 bits per heavy atom. The summed E-state index contributed by atoms with van der Waals surface area (Å²) in [7, 11) is 0. The van der Waals surface area contributed by atoms with Crippen LogP contribution in [0.25, 0.3) is 0 Å². The lowest BCUT2D eigenvalue weighted by molar-refractivity contribution is -0.120. The number of benzene rings is 2. The first-order valence-electron chi connectivity index (χ1n) is 7.32. The molecular formula is C17H14BrNO4. The number of hydrogen-bond acceptors (Lipinski definition) is 4. The average molecular weight is 376 g/mol. The lowest BCUT2D eigenvalue weighted by atomic mass is 10.1. The van der Waals surface area contributed by atoms with Crippen molar-refractivity contribution in [3.05, 3.63) is 46.4 Å². The molecule has 2 aromatic carbocycles. The molecule has 6 heteroatoms. The van der Waals surface area contributed by atoms with Gasteiger partial charge in [0.25, 0.3) is 5.91 Å². The minimum atomic E-state index is -0.0889. The first kappa shape index (κ1) is 14.4. The van der Waals surface area contributed by atoms with Crippen molar-refractivity contribution in [3.63, 3.8) is 0 Å². The lowest BCUT2D eigenvalue weighted by Gasteiger charge is -2.24. The fourth-order valence-electron chi connectivity index (χ4n) is 2.72. The maximum absolute atomic E-state index is 12.5. The normalized spacial score (nSPS) is 16.4. The van der Waals surface area contributed by atoms with Crippen molar-refractivity contribution in [1.82, 2.24) is 0 Å². The van der Waals surface area contributed by atoms with E-state index in [0.29, 0.717) is 31.3 Å². The number of carbonyl (C=O) groups is 1. The van der Waals surface area contributed by atoms with Crippen LogP contribution in [0.1, 0.15) is 5.56 Å². The molecule has 0 spiro atoms. The van der Waals surface area contributed by atoms with Gasteiger partial charge in [-0.2, -0.15) is 0 Å². The third kappa shape index (κ3) is 2.74. The molecule has 118 valence electrons. The monoisotopic (exact) mass is 375 g/mol. The van der Waals surface area contributed by atoms with E-state index in [1.807, 2.05) is 36.4 Å². The number of anilines is 1. The highest BCUT2D eigenvalue weighted by atomic mass is 79.9. The van der Waals surface area contributed by atoms with E-state index in [4.69, 9.17) is 14.2 Å². The van der Waals surface area contributed by atoms with E-state index in [9.17, 15) is 4.79 Å². The summed E-state index contributed by atoms with van der Waals surface area (Å²) in [6.45, 7) is 1.53. The van der Waals surface area contributed by atoms with Crippen LogP contribution in [-0.2, 0) is 11.3 Å². The predicted octanol–water partition coefficient (Wildman–Crippen LogP) is 3.15. The summed E-state index contributed by atoms with van der Waals surface area (Å²) in [5.74, 6) is 2.03. The number of rotatable bonds is 1. The maximum Gasteiger partial charge on any atom is 0.265 e. The minimum absolute atomic E-state index is 0.0169. The average Bonchev–Trinajstić information content (AvgIpc) is 2.73. The Balaban J connectivity index is 1.71. The second-order valence-electron chi connectivity index (χ2n) is 5.35. The van der Waals surface area contributed by atoms with Crippen molar-refractivity contribution in [2.45, 2.75) is 6.54 Å². The van der Waals surface area contributed by atoms with Crippen LogP contribution in [0.4, 0.5) is 5.69 Å². The van der Waals surface area contributed by atoms with Gasteiger partial charge in [0.2, 0.25) is 0 Å². The molecule has 0 saturated heterocycles. The summed E-state index contributed by atoms with van der Waals surface area (Å²) in [5, 5.41) is 0. The highest BCUT2D eigenvalue weighted by Gasteiger charge is 2.24. The van der Waals surface area contributed by atoms with Crippen molar-refractivity contribution < 1.29 is 19.0 Å². The Bertz CT molecular complexity index is 777. The van der Waals surface area contributed by atoms with E-state index in [2.05, 4.69) is 15.9 Å². The van der Waals surface area contributed by atoms with Gasteiger partial charge in [-0.15, -0.1) is 0 Å². The fraction of sp³-hybridized carbons (Fsp3) is 0.235. The van der Waals surface area contributed by atoms with E-state index in [1.54, 1.807) is 4.90 Å². The maximum atomic E-state index is 12.5. The van der Waals surface area contributed by atoms with Gasteiger partial charge in [-0.1, -0.05) is 15.9 Å². The molecule has 23 heavy (non-hydrogen) atoms. The predicted molar refractivity (Wildman–Crippen MR) is 88.3 cm³/mol. The Morgan fingerprint density at radius 1 is 0.913 bits per heavy atom. The number of fused-ring (bicyclic) bond motifs is 2. The van der Waals surface area contributed by atoms with E-state index >= 15 is 0 Å². The summed E-state index contributed by atoms with van der Waals surface area (Å²) in [6, 6.07) is 11.3. The molecule has 5 nitrogen and oxygen atoms in total. The zero-order valence-electron chi connectivity index (χ0n) is 12.3. The van der Waals surface area contributed by atoms with Gasteiger partial charge < -0.3 is 19.1 Å². The molecule has 0 aliphatic carbocycles. The molecule has 0 unspecified atom stereocenters. The van der Waals surface area contributed by atoms with Crippen LogP contribution in [0, 0.1) is 0 Å². The molecule has 1 amide bonds. The first-order valence-corrected chi connectivity index (χ1v) is 8.11. The van der Waals surface area contributed by atoms with E-state index in [-0.39, 0.29) is 12.5 Å². The molecule has 4 rings (SSSR count). The number of halogens is 1. The molecule has 0 N–H and O–H groups in total. The van der Waals surface area contributed by atoms with Gasteiger partial charge in [0.15, 0.2) is 18.1 Å². The fourth-order valence-corrected chi connectivity index (χ4v) is 3.13. The van der Waals surface area contributed by atoms with Crippen LogP contribution in [-0.4, -0.2) is 25.7 Å². The standard InChI is InChI=1S/C17H14BrNO4/c18-12-1-3-14-11(7-12)9-19(17(20)10-23-14)13-2-4-15-16(8-13)22-6-5-21-15/h1-4,7-8H,5-6,9-10H2. The number of carbonyl (C=O) groups excluding carboxylic acids is 1. The highest BCUT2D eigenvalue weighted by Crippen LogP contribution is 2.36. The second kappa shape index (κ2) is 5.77. The highest BCUT2D eigenvalue weighted by molar-refractivity contribution is 9.10. The first-order chi connectivity index (χ1) is 11.2. The van der Waals surface area contributed by atoms with Crippen LogP contribution >= 0.6 is 15.9 Å². The van der Waals surface area contributed by atoms with E-state index < -0.39 is 0 Å². The molecule has 0 radical (unpaired) electrons. The Hall–Kier alpha value is -2.21. The van der Waals surface area contributed by atoms with Crippen LogP contribution < -0.4 is 19.1 Å². The largest absolute Gasteiger partial charge is 0.486 e. The van der Waals surface area contributed by atoms with Gasteiger partial charge in [-0.25, -0.2) is 0 Å². The number of nitrogens with zero attached hydrogens (tertiary/aromatic N) is 1. The quantitative estimate of drug-likeness (QED) is 0.767. The minimum Gasteiger partial charge on any atom is -0.486 e. The molecule has 0 fully saturated rings. The van der Waals surface area contributed by atoms with Crippen molar-refractivity contribution in [2.24, 2.45) is 0 Å². The van der Waals surface area contributed by atoms with Gasteiger partial charge >= 0.3 is 0 Å². The smallest absolute Gasteiger partial charge is 0.265 e. The van der Waals surface area contributed by atoms with Crippen molar-refractivity contribution in [2.75, 3.05) is 24.7 Å². The summed E-state index contributed by atoms with van der Waals surface area (Å²) >= 11 is 3.46. The molecule has 0 bridgehead atoms. The number of amides is 1. The number of ether oxygens (including phenoxy) is 3. The van der Waals surface area contributed by atoms with Gasteiger partial charge in [0, 0.05) is 21.8 Å². The van der Waals surface area contributed by atoms with E-state index in [1.165, 1.54) is 0 Å². The summed E-state index contributed by atoms with van der Waals surface area (Å²) in [5.41, 5.74) is 1.73. The van der Waals surface area contributed by atoms with Gasteiger partial charge in [0.1, 0.15) is 19.0 Å². The zero-order valence-corrected chi connectivity index (χ0v) is 13.8. The molecule has 2 heterocycles. The molecule has 0 aromatic heterocycles.